The molecular weight excluding hydrogens is 561 g/mol. The van der Waals surface area contributed by atoms with Gasteiger partial charge in [0.15, 0.2) is 5.82 Å². The normalized spacial score (nSPS) is 15.9. The van der Waals surface area contributed by atoms with Crippen molar-refractivity contribution < 1.29 is 22.7 Å². The van der Waals surface area contributed by atoms with Crippen molar-refractivity contribution in [3.63, 3.8) is 0 Å². The van der Waals surface area contributed by atoms with E-state index in [0.29, 0.717) is 43.3 Å². The maximum atomic E-state index is 13.3. The van der Waals surface area contributed by atoms with Gasteiger partial charge in [-0.25, -0.2) is 0 Å². The highest BCUT2D eigenvalue weighted by molar-refractivity contribution is 5.97. The topological polar surface area (TPSA) is 113 Å². The number of alkyl halides is 3. The maximum Gasteiger partial charge on any atom is 0.416 e. The first-order valence-corrected chi connectivity index (χ1v) is 13.6. The van der Waals surface area contributed by atoms with Crippen LogP contribution < -0.4 is 9.64 Å². The average Bonchev–Trinajstić information content (AvgIpc) is 3.59. The Morgan fingerprint density at radius 1 is 1.23 bits per heavy atom. The van der Waals surface area contributed by atoms with Crippen LogP contribution in [-0.2, 0) is 24.6 Å². The Hall–Kier alpha value is -4.99. The molecule has 0 atom stereocenters. The summed E-state index contributed by atoms with van der Waals surface area (Å²) in [5.41, 5.74) is 1.95. The summed E-state index contributed by atoms with van der Waals surface area (Å²) in [5.74, 6) is 0.244. The van der Waals surface area contributed by atoms with Gasteiger partial charge in [-0.3, -0.25) is 14.5 Å². The van der Waals surface area contributed by atoms with Crippen LogP contribution in [0.1, 0.15) is 28.8 Å². The number of aryl methyl sites for hydroxylation is 2. The summed E-state index contributed by atoms with van der Waals surface area (Å²) < 4.78 is 47.4. The molecule has 1 spiro atoms. The smallest absolute Gasteiger partial charge is 0.416 e. The van der Waals surface area contributed by atoms with Gasteiger partial charge in [-0.15, -0.1) is 0 Å². The summed E-state index contributed by atoms with van der Waals surface area (Å²) in [7, 11) is 1.80. The van der Waals surface area contributed by atoms with E-state index in [9.17, 15) is 23.2 Å². The molecule has 0 unspecified atom stereocenters. The Balaban J connectivity index is 1.42. The van der Waals surface area contributed by atoms with Gasteiger partial charge in [0.05, 0.1) is 28.7 Å². The maximum absolute atomic E-state index is 13.3. The van der Waals surface area contributed by atoms with Crippen LogP contribution in [0.4, 0.5) is 19.0 Å². The van der Waals surface area contributed by atoms with Crippen molar-refractivity contribution in [3.05, 3.63) is 71.7 Å². The zero-order valence-corrected chi connectivity index (χ0v) is 23.5. The van der Waals surface area contributed by atoms with Gasteiger partial charge in [-0.1, -0.05) is 18.7 Å². The number of hydrogen-bond acceptors (Lipinski definition) is 8. The van der Waals surface area contributed by atoms with Crippen LogP contribution in [0, 0.1) is 23.7 Å². The fourth-order valence-corrected chi connectivity index (χ4v) is 5.97. The number of nitrogens with zero attached hydrogens (tertiary/aromatic N) is 8. The van der Waals surface area contributed by atoms with Gasteiger partial charge in [0.2, 0.25) is 5.91 Å². The largest absolute Gasteiger partial charge is 0.457 e. The van der Waals surface area contributed by atoms with Gasteiger partial charge < -0.3 is 14.5 Å². The molecule has 2 fully saturated rings. The first-order valence-electron chi connectivity index (χ1n) is 13.6. The number of anilines is 1. The summed E-state index contributed by atoms with van der Waals surface area (Å²) in [4.78, 5) is 29.1. The number of carbonyl (C=O) groups is 1. The second-order valence-corrected chi connectivity index (χ2v) is 11.0. The lowest BCUT2D eigenvalue weighted by molar-refractivity contribution is -0.138. The quantitative estimate of drug-likeness (QED) is 0.304. The summed E-state index contributed by atoms with van der Waals surface area (Å²) in [6, 6.07) is 7.86. The van der Waals surface area contributed by atoms with E-state index in [-0.39, 0.29) is 35.2 Å². The number of rotatable bonds is 6. The zero-order chi connectivity index (χ0) is 30.5. The lowest BCUT2D eigenvalue weighted by Crippen LogP contribution is -2.59. The minimum atomic E-state index is -4.53. The van der Waals surface area contributed by atoms with Gasteiger partial charge in [0.25, 0.3) is 0 Å². The molecule has 0 aliphatic carbocycles. The average molecular weight is 589 g/mol. The lowest BCUT2D eigenvalue weighted by atomic mass is 9.79. The van der Waals surface area contributed by atoms with Crippen LogP contribution in [-0.4, -0.2) is 61.7 Å². The SMILES string of the molecule is C=CC(=O)N1CC2(CCN(c3nc(OCc4cc(C(F)(F)F)ccn4)nc(-c4c(C)ccc5cnn(C)c45)c3C#N)C2)C1. The molecule has 2 aliphatic heterocycles. The zero-order valence-electron chi connectivity index (χ0n) is 23.5. The van der Waals surface area contributed by atoms with E-state index in [0.717, 1.165) is 41.2 Å². The van der Waals surface area contributed by atoms with Crippen molar-refractivity contribution in [2.75, 3.05) is 31.1 Å². The highest BCUT2D eigenvalue weighted by Gasteiger charge is 2.49. The van der Waals surface area contributed by atoms with E-state index in [2.05, 4.69) is 32.7 Å². The third-order valence-corrected chi connectivity index (χ3v) is 8.10. The van der Waals surface area contributed by atoms with Crippen LogP contribution in [0.2, 0.25) is 0 Å². The number of aromatic nitrogens is 5. The van der Waals surface area contributed by atoms with Crippen molar-refractivity contribution in [3.8, 4) is 23.3 Å². The highest BCUT2D eigenvalue weighted by atomic mass is 19.4. The Kier molecular flexibility index (Phi) is 6.79. The van der Waals surface area contributed by atoms with Gasteiger partial charge in [-0.2, -0.15) is 33.5 Å². The molecule has 2 aliphatic rings. The first-order chi connectivity index (χ1) is 20.5. The van der Waals surface area contributed by atoms with Crippen LogP contribution >= 0.6 is 0 Å². The molecule has 10 nitrogen and oxygen atoms in total. The molecule has 0 N–H and O–H groups in total. The predicted molar refractivity (Wildman–Crippen MR) is 151 cm³/mol. The summed E-state index contributed by atoms with van der Waals surface area (Å²) in [6.45, 7) is 7.45. The second-order valence-electron chi connectivity index (χ2n) is 11.0. The van der Waals surface area contributed by atoms with Crippen LogP contribution in [0.5, 0.6) is 6.01 Å². The number of likely N-dealkylation sites (tertiary alicyclic amines) is 1. The van der Waals surface area contributed by atoms with Crippen molar-refractivity contribution in [2.24, 2.45) is 12.5 Å². The van der Waals surface area contributed by atoms with Gasteiger partial charge in [-0.05, 0) is 37.1 Å². The lowest BCUT2D eigenvalue weighted by Gasteiger charge is -2.47. The number of nitriles is 1. The molecule has 0 saturated carbocycles. The third kappa shape index (κ3) is 5.03. The number of amides is 1. The van der Waals surface area contributed by atoms with Crippen LogP contribution in [0.15, 0.2) is 49.3 Å². The van der Waals surface area contributed by atoms with Crippen LogP contribution in [0.25, 0.3) is 22.2 Å². The van der Waals surface area contributed by atoms with Crippen LogP contribution in [0.3, 0.4) is 0 Å². The number of carbonyl (C=O) groups excluding carboxylic acids is 1. The number of hydrogen-bond donors (Lipinski definition) is 0. The number of pyridine rings is 1. The standard InChI is InChI=1S/C30H27F3N8O2/c1-4-23(42)41-16-29(17-41)8-10-40(15-29)27-22(12-34)25(24-18(2)5-6-19-13-36-39(3)26(19)24)37-28(38-27)43-14-21-11-20(7-9-35-21)30(31,32)33/h4-7,9,11,13H,1,8,10,14-17H2,2-3H3. The second kappa shape index (κ2) is 10.4. The van der Waals surface area contributed by atoms with Gasteiger partial charge in [0, 0.05) is 55.8 Å². The van der Waals surface area contributed by atoms with E-state index in [4.69, 9.17) is 4.74 Å². The van der Waals surface area contributed by atoms with Crippen molar-refractivity contribution in [2.45, 2.75) is 26.1 Å². The van der Waals surface area contributed by atoms with E-state index < -0.39 is 11.7 Å². The number of fused-ring (bicyclic) bond motifs is 1. The molecule has 43 heavy (non-hydrogen) atoms. The summed E-state index contributed by atoms with van der Waals surface area (Å²) >= 11 is 0. The Bertz CT molecular complexity index is 1800. The molecule has 1 aromatic carbocycles. The Labute approximate surface area is 245 Å². The van der Waals surface area contributed by atoms with Crippen molar-refractivity contribution in [1.29, 1.82) is 5.26 Å². The van der Waals surface area contributed by atoms with E-state index >= 15 is 0 Å². The molecule has 1 amide bonds. The minimum absolute atomic E-state index is 0.0531. The number of halogens is 3. The monoisotopic (exact) mass is 588 g/mol. The fraction of sp³-hybridized carbons (Fsp3) is 0.333. The molecule has 0 radical (unpaired) electrons. The highest BCUT2D eigenvalue weighted by Crippen LogP contribution is 2.43. The minimum Gasteiger partial charge on any atom is -0.457 e. The van der Waals surface area contributed by atoms with Gasteiger partial charge >= 0.3 is 12.2 Å². The van der Waals surface area contributed by atoms with Gasteiger partial charge in [0.1, 0.15) is 18.2 Å². The molecule has 5 heterocycles. The molecule has 3 aromatic heterocycles. The predicted octanol–water partition coefficient (Wildman–Crippen LogP) is 4.43. The number of benzene rings is 1. The van der Waals surface area contributed by atoms with E-state index in [1.807, 2.05) is 24.0 Å². The van der Waals surface area contributed by atoms with Crippen molar-refractivity contribution in [1.82, 2.24) is 29.6 Å². The molecule has 220 valence electrons. The third-order valence-electron chi connectivity index (χ3n) is 8.10. The molecule has 6 rings (SSSR count). The molecule has 0 bridgehead atoms. The van der Waals surface area contributed by atoms with E-state index in [1.165, 1.54) is 6.08 Å². The molecule has 2 saturated heterocycles. The van der Waals surface area contributed by atoms with E-state index in [1.54, 1.807) is 22.8 Å². The summed E-state index contributed by atoms with van der Waals surface area (Å²) in [6.07, 6.45) is 0.363. The first kappa shape index (κ1) is 28.1. The fourth-order valence-electron chi connectivity index (χ4n) is 5.97. The molecule has 13 heteroatoms. The summed E-state index contributed by atoms with van der Waals surface area (Å²) in [5, 5.41) is 15.7. The number of ether oxygens (including phenoxy) is 1. The Morgan fingerprint density at radius 2 is 2.02 bits per heavy atom. The molecular formula is C30H27F3N8O2. The molecule has 4 aromatic rings. The Morgan fingerprint density at radius 3 is 2.74 bits per heavy atom. The van der Waals surface area contributed by atoms with Crippen molar-refractivity contribution >= 4 is 22.6 Å².